The molecule has 1 saturated carbocycles. The second-order valence-electron chi connectivity index (χ2n) is 5.24. The topological polar surface area (TPSA) is 83.5 Å². The summed E-state index contributed by atoms with van der Waals surface area (Å²) in [7, 11) is -3.96. The Kier molecular flexibility index (Phi) is 4.69. The Morgan fingerprint density at radius 1 is 1.38 bits per heavy atom. The fourth-order valence-electron chi connectivity index (χ4n) is 2.64. The van der Waals surface area contributed by atoms with Gasteiger partial charge in [0.25, 0.3) is 0 Å². The van der Waals surface area contributed by atoms with Crippen LogP contribution in [0, 0.1) is 5.82 Å². The average molecular weight is 380 g/mol. The van der Waals surface area contributed by atoms with Crippen LogP contribution in [0.3, 0.4) is 0 Å². The summed E-state index contributed by atoms with van der Waals surface area (Å²) in [6, 6.07) is 3.50. The molecule has 1 aliphatic carbocycles. The molecule has 0 amide bonds. The third-order valence-corrected chi connectivity index (χ3v) is 5.82. The highest BCUT2D eigenvalue weighted by Gasteiger charge is 2.40. The minimum absolute atomic E-state index is 0.169. The third-order valence-electron chi connectivity index (χ3n) is 3.60. The number of nitrogens with one attached hydrogen (secondary N) is 1. The first kappa shape index (κ1) is 16.4. The zero-order valence-electron chi connectivity index (χ0n) is 11.1. The number of carbonyl (C=O) groups is 1. The molecular weight excluding hydrogens is 365 g/mol. The van der Waals surface area contributed by atoms with Crippen molar-refractivity contribution in [2.24, 2.45) is 0 Å². The molecule has 8 heteroatoms. The lowest BCUT2D eigenvalue weighted by Gasteiger charge is -2.28. The van der Waals surface area contributed by atoms with Crippen molar-refractivity contribution in [2.75, 3.05) is 0 Å². The molecule has 116 valence electrons. The summed E-state index contributed by atoms with van der Waals surface area (Å²) in [6.07, 6.45) is 2.20. The van der Waals surface area contributed by atoms with E-state index in [1.807, 2.05) is 0 Å². The molecule has 0 bridgehead atoms. The molecule has 0 aromatic heterocycles. The van der Waals surface area contributed by atoms with E-state index in [4.69, 9.17) is 5.11 Å². The molecule has 2 rings (SSSR count). The standard InChI is InChI=1S/C13H15BrFNO4S/c14-10-4-3-9(7-11(10)15)21(19,20)16-13(8-12(17)18)5-1-2-6-13/h3-4,7,16H,1-2,5-6,8H2,(H,17,18). The van der Waals surface area contributed by atoms with E-state index in [0.717, 1.165) is 18.9 Å². The normalized spacial score (nSPS) is 17.8. The molecule has 0 atom stereocenters. The van der Waals surface area contributed by atoms with Gasteiger partial charge in [0.1, 0.15) is 5.82 Å². The highest BCUT2D eigenvalue weighted by atomic mass is 79.9. The second-order valence-corrected chi connectivity index (χ2v) is 7.78. The van der Waals surface area contributed by atoms with Crippen LogP contribution in [0.5, 0.6) is 0 Å². The van der Waals surface area contributed by atoms with Gasteiger partial charge >= 0.3 is 5.97 Å². The van der Waals surface area contributed by atoms with Gasteiger partial charge in [0.2, 0.25) is 10.0 Å². The van der Waals surface area contributed by atoms with E-state index >= 15 is 0 Å². The maximum atomic E-state index is 13.5. The van der Waals surface area contributed by atoms with Crippen molar-refractivity contribution < 1.29 is 22.7 Å². The predicted octanol–water partition coefficient (Wildman–Crippen LogP) is 2.65. The molecule has 2 N–H and O–H groups in total. The Morgan fingerprint density at radius 2 is 2.00 bits per heavy atom. The number of carboxylic acid groups (broad SMARTS) is 1. The van der Waals surface area contributed by atoms with Gasteiger partial charge in [-0.3, -0.25) is 4.79 Å². The number of rotatable bonds is 5. The molecular formula is C13H15BrFNO4S. The molecule has 0 spiro atoms. The van der Waals surface area contributed by atoms with Gasteiger partial charge in [-0.25, -0.2) is 17.5 Å². The average Bonchev–Trinajstić information content (AvgIpc) is 2.78. The Bertz CT molecular complexity index is 656. The molecule has 1 aromatic rings. The Hall–Kier alpha value is -0.990. The van der Waals surface area contributed by atoms with Gasteiger partial charge < -0.3 is 5.11 Å². The van der Waals surface area contributed by atoms with Crippen LogP contribution in [-0.2, 0) is 14.8 Å². The van der Waals surface area contributed by atoms with Crippen molar-refractivity contribution in [3.8, 4) is 0 Å². The summed E-state index contributed by atoms with van der Waals surface area (Å²) >= 11 is 2.96. The number of sulfonamides is 1. The number of carboxylic acids is 1. The highest BCUT2D eigenvalue weighted by Crippen LogP contribution is 2.34. The molecule has 5 nitrogen and oxygen atoms in total. The van der Waals surface area contributed by atoms with Crippen molar-refractivity contribution in [1.82, 2.24) is 4.72 Å². The first-order valence-corrected chi connectivity index (χ1v) is 8.73. The van der Waals surface area contributed by atoms with Gasteiger partial charge in [-0.15, -0.1) is 0 Å². The first-order valence-electron chi connectivity index (χ1n) is 6.45. The van der Waals surface area contributed by atoms with Crippen LogP contribution in [0.25, 0.3) is 0 Å². The maximum absolute atomic E-state index is 13.5. The second kappa shape index (κ2) is 6.02. The molecule has 0 radical (unpaired) electrons. The summed E-state index contributed by atoms with van der Waals surface area (Å²) in [5.74, 6) is -1.74. The SMILES string of the molecule is O=C(O)CC1(NS(=O)(=O)c2ccc(Br)c(F)c2)CCCC1. The Labute approximate surface area is 130 Å². The Balaban J connectivity index is 2.30. The van der Waals surface area contributed by atoms with Crippen LogP contribution in [-0.4, -0.2) is 25.0 Å². The van der Waals surface area contributed by atoms with E-state index in [2.05, 4.69) is 20.7 Å². The van der Waals surface area contributed by atoms with Gasteiger partial charge in [-0.05, 0) is 47.0 Å². The first-order chi connectivity index (χ1) is 9.74. The van der Waals surface area contributed by atoms with Crippen molar-refractivity contribution in [3.05, 3.63) is 28.5 Å². The number of hydrogen-bond acceptors (Lipinski definition) is 3. The molecule has 0 heterocycles. The van der Waals surface area contributed by atoms with Crippen molar-refractivity contribution >= 4 is 31.9 Å². The minimum atomic E-state index is -3.96. The summed E-state index contributed by atoms with van der Waals surface area (Å²) in [6.45, 7) is 0. The summed E-state index contributed by atoms with van der Waals surface area (Å²) in [4.78, 5) is 10.8. The van der Waals surface area contributed by atoms with Crippen LogP contribution in [0.15, 0.2) is 27.6 Å². The van der Waals surface area contributed by atoms with E-state index in [1.54, 1.807) is 0 Å². The van der Waals surface area contributed by atoms with E-state index in [0.29, 0.717) is 12.8 Å². The maximum Gasteiger partial charge on any atom is 0.305 e. The van der Waals surface area contributed by atoms with E-state index in [1.165, 1.54) is 12.1 Å². The van der Waals surface area contributed by atoms with Crippen LogP contribution >= 0.6 is 15.9 Å². The number of halogens is 2. The summed E-state index contributed by atoms with van der Waals surface area (Å²) in [5.41, 5.74) is -0.978. The van der Waals surface area contributed by atoms with Crippen molar-refractivity contribution in [1.29, 1.82) is 0 Å². The minimum Gasteiger partial charge on any atom is -0.481 e. The molecule has 1 aliphatic rings. The smallest absolute Gasteiger partial charge is 0.305 e. The molecule has 0 saturated heterocycles. The molecule has 21 heavy (non-hydrogen) atoms. The van der Waals surface area contributed by atoms with Crippen molar-refractivity contribution in [2.45, 2.75) is 42.5 Å². The fraction of sp³-hybridized carbons (Fsp3) is 0.462. The van der Waals surface area contributed by atoms with Crippen LogP contribution in [0.4, 0.5) is 4.39 Å². The quantitative estimate of drug-likeness (QED) is 0.823. The number of benzene rings is 1. The number of aliphatic carboxylic acids is 1. The zero-order valence-corrected chi connectivity index (χ0v) is 13.5. The summed E-state index contributed by atoms with van der Waals surface area (Å²) in [5, 5.41) is 8.99. The molecule has 1 fully saturated rings. The lowest BCUT2D eigenvalue weighted by molar-refractivity contribution is -0.138. The predicted molar refractivity (Wildman–Crippen MR) is 77.9 cm³/mol. The van der Waals surface area contributed by atoms with Gasteiger partial charge in [0.05, 0.1) is 15.8 Å². The zero-order chi connectivity index (χ0) is 15.7. The van der Waals surface area contributed by atoms with E-state index in [-0.39, 0.29) is 15.8 Å². The molecule has 0 aliphatic heterocycles. The summed E-state index contributed by atoms with van der Waals surface area (Å²) < 4.78 is 40.8. The van der Waals surface area contributed by atoms with Gasteiger partial charge in [-0.2, -0.15) is 0 Å². The molecule has 1 aromatic carbocycles. The van der Waals surface area contributed by atoms with Crippen LogP contribution in [0.2, 0.25) is 0 Å². The van der Waals surface area contributed by atoms with E-state index < -0.39 is 27.3 Å². The monoisotopic (exact) mass is 379 g/mol. The number of hydrogen-bond donors (Lipinski definition) is 2. The third kappa shape index (κ3) is 3.81. The van der Waals surface area contributed by atoms with Crippen LogP contribution < -0.4 is 4.72 Å². The highest BCUT2D eigenvalue weighted by molar-refractivity contribution is 9.10. The lowest BCUT2D eigenvalue weighted by Crippen LogP contribution is -2.47. The van der Waals surface area contributed by atoms with E-state index in [9.17, 15) is 17.6 Å². The van der Waals surface area contributed by atoms with Gasteiger partial charge in [-0.1, -0.05) is 12.8 Å². The van der Waals surface area contributed by atoms with Crippen LogP contribution in [0.1, 0.15) is 32.1 Å². The Morgan fingerprint density at radius 3 is 2.52 bits per heavy atom. The van der Waals surface area contributed by atoms with Gasteiger partial charge in [0.15, 0.2) is 0 Å². The molecule has 0 unspecified atom stereocenters. The van der Waals surface area contributed by atoms with Crippen molar-refractivity contribution in [3.63, 3.8) is 0 Å². The lowest BCUT2D eigenvalue weighted by atomic mass is 9.95. The largest absolute Gasteiger partial charge is 0.481 e. The fourth-order valence-corrected chi connectivity index (χ4v) is 4.36. The van der Waals surface area contributed by atoms with Gasteiger partial charge in [0, 0.05) is 5.54 Å².